The Labute approximate surface area is 176 Å². The minimum atomic E-state index is 0. The van der Waals surface area contributed by atoms with Crippen molar-refractivity contribution in [2.45, 2.75) is 39.7 Å². The largest absolute Gasteiger partial charge is 0.378 e. The van der Waals surface area contributed by atoms with Gasteiger partial charge in [0.1, 0.15) is 0 Å². The van der Waals surface area contributed by atoms with Crippen LogP contribution in [-0.2, 0) is 4.74 Å². The second-order valence-electron chi connectivity index (χ2n) is 6.53. The molecule has 1 heterocycles. The molecule has 1 aliphatic rings. The molecule has 2 rings (SSSR count). The molecule has 5 nitrogen and oxygen atoms in total. The van der Waals surface area contributed by atoms with Crippen LogP contribution in [0.1, 0.15) is 32.3 Å². The number of anilines is 1. The van der Waals surface area contributed by atoms with E-state index in [1.807, 2.05) is 7.05 Å². The van der Waals surface area contributed by atoms with Gasteiger partial charge in [0.05, 0.1) is 6.10 Å². The molecule has 1 N–H and O–H groups in total. The summed E-state index contributed by atoms with van der Waals surface area (Å²) >= 11 is 0. The normalized spacial score (nSPS) is 15.5. The molecular weight excluding hydrogens is 439 g/mol. The van der Waals surface area contributed by atoms with Gasteiger partial charge in [-0.2, -0.15) is 0 Å². The number of likely N-dealkylation sites (tertiary alicyclic amines) is 1. The van der Waals surface area contributed by atoms with Crippen molar-refractivity contribution in [1.29, 1.82) is 0 Å². The van der Waals surface area contributed by atoms with Crippen LogP contribution in [0.25, 0.3) is 0 Å². The Morgan fingerprint density at radius 3 is 2.62 bits per heavy atom. The number of ether oxygens (including phenoxy) is 1. The van der Waals surface area contributed by atoms with Crippen molar-refractivity contribution in [3.05, 3.63) is 29.8 Å². The van der Waals surface area contributed by atoms with E-state index >= 15 is 0 Å². The van der Waals surface area contributed by atoms with Crippen LogP contribution in [0, 0.1) is 6.92 Å². The second-order valence-corrected chi connectivity index (χ2v) is 6.53. The second kappa shape index (κ2) is 12.4. The predicted molar refractivity (Wildman–Crippen MR) is 122 cm³/mol. The number of aliphatic imine (C=N–C) groups is 1. The van der Waals surface area contributed by atoms with Crippen molar-refractivity contribution in [1.82, 2.24) is 10.2 Å². The highest BCUT2D eigenvalue weighted by molar-refractivity contribution is 14.0. The van der Waals surface area contributed by atoms with Gasteiger partial charge in [0.15, 0.2) is 5.96 Å². The molecule has 26 heavy (non-hydrogen) atoms. The zero-order valence-electron chi connectivity index (χ0n) is 16.7. The Hall–Kier alpha value is -1.02. The maximum atomic E-state index is 5.74. The van der Waals surface area contributed by atoms with E-state index in [0.29, 0.717) is 6.10 Å². The van der Waals surface area contributed by atoms with Crippen LogP contribution < -0.4 is 10.2 Å². The first kappa shape index (κ1) is 23.0. The Kier molecular flexibility index (Phi) is 11.0. The Balaban J connectivity index is 0.00000338. The lowest BCUT2D eigenvalue weighted by atomic mass is 10.1. The maximum absolute atomic E-state index is 5.74. The summed E-state index contributed by atoms with van der Waals surface area (Å²) in [6.45, 7) is 12.1. The molecule has 148 valence electrons. The van der Waals surface area contributed by atoms with Gasteiger partial charge in [0.2, 0.25) is 0 Å². The molecule has 0 unspecified atom stereocenters. The SMILES string of the molecule is CCOC1CCN(C(=NC)NCCN(CC)c2cccc(C)c2)CC1.I. The quantitative estimate of drug-likeness (QED) is 0.373. The van der Waals surface area contributed by atoms with E-state index in [9.17, 15) is 0 Å². The molecule has 1 aliphatic heterocycles. The van der Waals surface area contributed by atoms with Crippen LogP contribution in [-0.4, -0.2) is 63.3 Å². The summed E-state index contributed by atoms with van der Waals surface area (Å²) in [5, 5.41) is 3.53. The fraction of sp³-hybridized carbons (Fsp3) is 0.650. The van der Waals surface area contributed by atoms with Crippen LogP contribution in [0.3, 0.4) is 0 Å². The minimum Gasteiger partial charge on any atom is -0.378 e. The fourth-order valence-corrected chi connectivity index (χ4v) is 3.40. The van der Waals surface area contributed by atoms with Crippen molar-refractivity contribution in [2.24, 2.45) is 4.99 Å². The van der Waals surface area contributed by atoms with Crippen molar-refractivity contribution >= 4 is 35.6 Å². The molecule has 0 saturated carbocycles. The van der Waals surface area contributed by atoms with Crippen LogP contribution in [0.5, 0.6) is 0 Å². The number of benzene rings is 1. The molecule has 1 fully saturated rings. The summed E-state index contributed by atoms with van der Waals surface area (Å²) in [7, 11) is 1.87. The van der Waals surface area contributed by atoms with E-state index in [-0.39, 0.29) is 24.0 Å². The van der Waals surface area contributed by atoms with Crippen LogP contribution in [0.15, 0.2) is 29.3 Å². The molecule has 0 bridgehead atoms. The maximum Gasteiger partial charge on any atom is 0.193 e. The molecule has 0 atom stereocenters. The number of nitrogens with one attached hydrogen (secondary N) is 1. The summed E-state index contributed by atoms with van der Waals surface area (Å²) < 4.78 is 5.74. The van der Waals surface area contributed by atoms with Gasteiger partial charge in [-0.15, -0.1) is 24.0 Å². The highest BCUT2D eigenvalue weighted by Gasteiger charge is 2.21. The highest BCUT2D eigenvalue weighted by atomic mass is 127. The van der Waals surface area contributed by atoms with Gasteiger partial charge >= 0.3 is 0 Å². The molecule has 1 aromatic rings. The summed E-state index contributed by atoms with van der Waals surface area (Å²) in [5.74, 6) is 1.01. The number of likely N-dealkylation sites (N-methyl/N-ethyl adjacent to an activating group) is 1. The smallest absolute Gasteiger partial charge is 0.193 e. The third-order valence-electron chi connectivity index (χ3n) is 4.77. The highest BCUT2D eigenvalue weighted by Crippen LogP contribution is 2.15. The van der Waals surface area contributed by atoms with Crippen molar-refractivity contribution < 1.29 is 4.74 Å². The summed E-state index contributed by atoms with van der Waals surface area (Å²) in [5.41, 5.74) is 2.59. The number of hydrogen-bond acceptors (Lipinski definition) is 3. The lowest BCUT2D eigenvalue weighted by molar-refractivity contribution is 0.0264. The third kappa shape index (κ3) is 6.95. The molecule has 6 heteroatoms. The van der Waals surface area contributed by atoms with Gasteiger partial charge in [0.25, 0.3) is 0 Å². The molecule has 1 saturated heterocycles. The van der Waals surface area contributed by atoms with E-state index in [2.05, 4.69) is 65.1 Å². The zero-order valence-corrected chi connectivity index (χ0v) is 19.0. The molecule has 0 radical (unpaired) electrons. The molecular formula is C20H35IN4O. The average Bonchev–Trinajstić information content (AvgIpc) is 2.63. The number of hydrogen-bond donors (Lipinski definition) is 1. The van der Waals surface area contributed by atoms with Crippen LogP contribution in [0.4, 0.5) is 5.69 Å². The molecule has 1 aromatic carbocycles. The van der Waals surface area contributed by atoms with E-state index in [4.69, 9.17) is 4.74 Å². The van der Waals surface area contributed by atoms with Gasteiger partial charge in [-0.05, 0) is 51.3 Å². The Bertz CT molecular complexity index is 544. The van der Waals surface area contributed by atoms with Crippen molar-refractivity contribution in [3.63, 3.8) is 0 Å². The Morgan fingerprint density at radius 1 is 1.31 bits per heavy atom. The number of rotatable bonds is 7. The van der Waals surface area contributed by atoms with Crippen molar-refractivity contribution in [2.75, 3.05) is 51.3 Å². The molecule has 0 amide bonds. The predicted octanol–water partition coefficient (Wildman–Crippen LogP) is 3.52. The zero-order chi connectivity index (χ0) is 18.1. The first-order chi connectivity index (χ1) is 12.2. The minimum absolute atomic E-state index is 0. The van der Waals surface area contributed by atoms with E-state index < -0.39 is 0 Å². The van der Waals surface area contributed by atoms with Crippen LogP contribution >= 0.6 is 24.0 Å². The molecule has 0 aliphatic carbocycles. The van der Waals surface area contributed by atoms with Crippen LogP contribution in [0.2, 0.25) is 0 Å². The fourth-order valence-electron chi connectivity index (χ4n) is 3.40. The number of guanidine groups is 1. The molecule has 0 spiro atoms. The lowest BCUT2D eigenvalue weighted by Gasteiger charge is -2.34. The summed E-state index contributed by atoms with van der Waals surface area (Å²) in [6, 6.07) is 8.70. The first-order valence-electron chi connectivity index (χ1n) is 9.56. The monoisotopic (exact) mass is 474 g/mol. The van der Waals surface area contributed by atoms with E-state index in [0.717, 1.165) is 58.1 Å². The lowest BCUT2D eigenvalue weighted by Crippen LogP contribution is -2.48. The standard InChI is InChI=1S/C20H34N4O.HI/c1-5-23(18-9-7-8-17(3)16-18)15-12-22-20(21-4)24-13-10-19(11-14-24)25-6-2;/h7-9,16,19H,5-6,10-15H2,1-4H3,(H,21,22);1H. The van der Waals surface area contributed by atoms with Gasteiger partial charge in [-0.25, -0.2) is 0 Å². The van der Waals surface area contributed by atoms with E-state index in [1.54, 1.807) is 0 Å². The number of nitrogens with zero attached hydrogens (tertiary/aromatic N) is 3. The van der Waals surface area contributed by atoms with Gasteiger partial charge in [0, 0.05) is 52.1 Å². The average molecular weight is 474 g/mol. The topological polar surface area (TPSA) is 40.1 Å². The van der Waals surface area contributed by atoms with Gasteiger partial charge < -0.3 is 19.9 Å². The first-order valence-corrected chi connectivity index (χ1v) is 9.56. The number of halogens is 1. The third-order valence-corrected chi connectivity index (χ3v) is 4.77. The summed E-state index contributed by atoms with van der Waals surface area (Å²) in [4.78, 5) is 9.21. The Morgan fingerprint density at radius 2 is 2.04 bits per heavy atom. The number of aryl methyl sites for hydroxylation is 1. The molecule has 0 aromatic heterocycles. The number of piperidine rings is 1. The van der Waals surface area contributed by atoms with Crippen molar-refractivity contribution in [3.8, 4) is 0 Å². The summed E-state index contributed by atoms with van der Waals surface area (Å²) in [6.07, 6.45) is 2.58. The van der Waals surface area contributed by atoms with Gasteiger partial charge in [-0.3, -0.25) is 4.99 Å². The van der Waals surface area contributed by atoms with Gasteiger partial charge in [-0.1, -0.05) is 12.1 Å². The van der Waals surface area contributed by atoms with E-state index in [1.165, 1.54) is 11.3 Å².